The highest BCUT2D eigenvalue weighted by Crippen LogP contribution is 2.12. The summed E-state index contributed by atoms with van der Waals surface area (Å²) in [5.74, 6) is 0.0238. The summed E-state index contributed by atoms with van der Waals surface area (Å²) in [4.78, 5) is 14.7. The van der Waals surface area contributed by atoms with Gasteiger partial charge in [0.2, 0.25) is 5.91 Å². The molecule has 0 bridgehead atoms. The molecule has 114 valence electrons. The second-order valence-corrected chi connectivity index (χ2v) is 5.98. The number of benzene rings is 1. The van der Waals surface area contributed by atoms with Crippen LogP contribution in [0, 0.1) is 0 Å². The van der Waals surface area contributed by atoms with Crippen molar-refractivity contribution in [2.45, 2.75) is 32.1 Å². The lowest BCUT2D eigenvalue weighted by atomic mass is 10.1. The van der Waals surface area contributed by atoms with Crippen molar-refractivity contribution in [1.29, 1.82) is 0 Å². The Hall–Kier alpha value is -1.46. The van der Waals surface area contributed by atoms with Gasteiger partial charge in [-0.05, 0) is 38.1 Å². The third kappa shape index (κ3) is 5.44. The largest absolute Gasteiger partial charge is 0.389 e. The molecule has 1 amide bonds. The normalized spacial score (nSPS) is 16.8. The number of nitrogens with one attached hydrogen (secondary N) is 1. The minimum Gasteiger partial charge on any atom is -0.389 e. The van der Waals surface area contributed by atoms with Gasteiger partial charge >= 0.3 is 0 Å². The molecule has 1 aliphatic heterocycles. The maximum Gasteiger partial charge on any atom is 0.238 e. The average molecular weight is 305 g/mol. The Bertz CT molecular complexity index is 496. The highest BCUT2D eigenvalue weighted by molar-refractivity contribution is 7.80. The number of rotatable bonds is 4. The van der Waals surface area contributed by atoms with Crippen LogP contribution in [0.2, 0.25) is 0 Å². The molecule has 0 spiro atoms. The van der Waals surface area contributed by atoms with E-state index in [-0.39, 0.29) is 5.91 Å². The predicted octanol–water partition coefficient (Wildman–Crippen LogP) is 2.53. The summed E-state index contributed by atoms with van der Waals surface area (Å²) in [5.41, 5.74) is 7.13. The molecule has 3 N–H and O–H groups in total. The van der Waals surface area contributed by atoms with E-state index >= 15 is 0 Å². The second-order valence-electron chi connectivity index (χ2n) is 5.54. The van der Waals surface area contributed by atoms with Crippen LogP contribution >= 0.6 is 12.2 Å². The molecule has 1 saturated heterocycles. The summed E-state index contributed by atoms with van der Waals surface area (Å²) >= 11 is 4.95. The summed E-state index contributed by atoms with van der Waals surface area (Å²) in [7, 11) is 0. The third-order valence-electron chi connectivity index (χ3n) is 3.75. The van der Waals surface area contributed by atoms with Crippen molar-refractivity contribution >= 4 is 28.8 Å². The number of nitrogens with zero attached hydrogens (tertiary/aromatic N) is 1. The third-order valence-corrected chi connectivity index (χ3v) is 3.98. The van der Waals surface area contributed by atoms with Gasteiger partial charge < -0.3 is 11.1 Å². The smallest absolute Gasteiger partial charge is 0.238 e. The van der Waals surface area contributed by atoms with Gasteiger partial charge in [-0.3, -0.25) is 9.69 Å². The topological polar surface area (TPSA) is 58.4 Å². The van der Waals surface area contributed by atoms with Gasteiger partial charge in [0, 0.05) is 11.3 Å². The molecule has 0 radical (unpaired) electrons. The maximum atomic E-state index is 12.1. The zero-order valence-electron chi connectivity index (χ0n) is 12.3. The summed E-state index contributed by atoms with van der Waals surface area (Å²) in [6.07, 6.45) is 6.24. The first-order chi connectivity index (χ1) is 10.1. The fourth-order valence-corrected chi connectivity index (χ4v) is 2.75. The number of thiocarbonyl (C=S) groups is 1. The lowest BCUT2D eigenvalue weighted by molar-refractivity contribution is -0.117. The molecule has 1 aromatic carbocycles. The first-order valence-electron chi connectivity index (χ1n) is 7.57. The molecule has 0 atom stereocenters. The number of hydrogen-bond acceptors (Lipinski definition) is 3. The monoisotopic (exact) mass is 305 g/mol. The molecule has 0 unspecified atom stereocenters. The van der Waals surface area contributed by atoms with E-state index in [1.54, 1.807) is 0 Å². The van der Waals surface area contributed by atoms with Gasteiger partial charge in [-0.2, -0.15) is 0 Å². The van der Waals surface area contributed by atoms with Crippen molar-refractivity contribution in [2.24, 2.45) is 5.73 Å². The van der Waals surface area contributed by atoms with E-state index in [9.17, 15) is 4.79 Å². The van der Waals surface area contributed by atoms with Crippen LogP contribution in [0.5, 0.6) is 0 Å². The lowest BCUT2D eigenvalue weighted by Crippen LogP contribution is -2.35. The highest BCUT2D eigenvalue weighted by atomic mass is 32.1. The van der Waals surface area contributed by atoms with Crippen LogP contribution in [0.1, 0.15) is 37.7 Å². The van der Waals surface area contributed by atoms with E-state index in [1.807, 2.05) is 24.3 Å². The number of carbonyl (C=O) groups is 1. The molecule has 2 rings (SSSR count). The van der Waals surface area contributed by atoms with Crippen LogP contribution in [-0.2, 0) is 4.79 Å². The van der Waals surface area contributed by atoms with Crippen LogP contribution in [0.4, 0.5) is 5.69 Å². The standard InChI is InChI=1S/C16H23N3OS/c17-16(21)13-7-6-8-14(11-13)18-15(20)12-19-9-4-2-1-3-5-10-19/h6-8,11H,1-5,9-10,12H2,(H2,17,21)(H,18,20). The van der Waals surface area contributed by atoms with Crippen LogP contribution in [0.15, 0.2) is 24.3 Å². The van der Waals surface area contributed by atoms with Gasteiger partial charge in [-0.25, -0.2) is 0 Å². The van der Waals surface area contributed by atoms with Crippen molar-refractivity contribution < 1.29 is 4.79 Å². The lowest BCUT2D eigenvalue weighted by Gasteiger charge is -2.23. The van der Waals surface area contributed by atoms with Gasteiger partial charge in [0.25, 0.3) is 0 Å². The maximum absolute atomic E-state index is 12.1. The van der Waals surface area contributed by atoms with Crippen molar-refractivity contribution in [3.05, 3.63) is 29.8 Å². The number of hydrogen-bond donors (Lipinski definition) is 2. The highest BCUT2D eigenvalue weighted by Gasteiger charge is 2.12. The van der Waals surface area contributed by atoms with E-state index in [4.69, 9.17) is 18.0 Å². The van der Waals surface area contributed by atoms with Crippen molar-refractivity contribution in [2.75, 3.05) is 25.0 Å². The van der Waals surface area contributed by atoms with Crippen molar-refractivity contribution in [3.63, 3.8) is 0 Å². The van der Waals surface area contributed by atoms with E-state index in [0.717, 1.165) is 24.3 Å². The molecule has 1 heterocycles. The Kier molecular flexibility index (Phi) is 6.14. The second kappa shape index (κ2) is 8.10. The molecule has 21 heavy (non-hydrogen) atoms. The summed E-state index contributed by atoms with van der Waals surface area (Å²) in [6.45, 7) is 2.48. The Morgan fingerprint density at radius 2 is 1.86 bits per heavy atom. The van der Waals surface area contributed by atoms with Crippen LogP contribution in [-0.4, -0.2) is 35.4 Å². The van der Waals surface area contributed by atoms with E-state index in [0.29, 0.717) is 11.5 Å². The minimum atomic E-state index is 0.0238. The number of likely N-dealkylation sites (tertiary alicyclic amines) is 1. The van der Waals surface area contributed by atoms with E-state index in [2.05, 4.69) is 10.2 Å². The Labute approximate surface area is 131 Å². The molecule has 4 nitrogen and oxygen atoms in total. The van der Waals surface area contributed by atoms with Gasteiger partial charge in [0.1, 0.15) is 4.99 Å². The van der Waals surface area contributed by atoms with Gasteiger partial charge in [0.15, 0.2) is 0 Å². The molecule has 1 aromatic rings. The van der Waals surface area contributed by atoms with Crippen molar-refractivity contribution in [3.8, 4) is 0 Å². The number of amides is 1. The molecule has 0 aliphatic carbocycles. The predicted molar refractivity (Wildman–Crippen MR) is 90.5 cm³/mol. The summed E-state index contributed by atoms with van der Waals surface area (Å²) in [5, 5.41) is 2.92. The van der Waals surface area contributed by atoms with Gasteiger partial charge in [-0.1, -0.05) is 43.6 Å². The number of anilines is 1. The Balaban J connectivity index is 1.88. The van der Waals surface area contributed by atoms with Crippen LogP contribution in [0.25, 0.3) is 0 Å². The molecule has 0 saturated carbocycles. The Morgan fingerprint density at radius 1 is 1.19 bits per heavy atom. The minimum absolute atomic E-state index is 0.0238. The summed E-state index contributed by atoms with van der Waals surface area (Å²) < 4.78 is 0. The SMILES string of the molecule is NC(=S)c1cccc(NC(=O)CN2CCCCCCC2)c1. The molecule has 0 aromatic heterocycles. The zero-order chi connectivity index (χ0) is 15.1. The molecule has 5 heteroatoms. The Morgan fingerprint density at radius 3 is 2.52 bits per heavy atom. The molecular weight excluding hydrogens is 282 g/mol. The molecule has 1 fully saturated rings. The van der Waals surface area contributed by atoms with Gasteiger partial charge in [-0.15, -0.1) is 0 Å². The quantitative estimate of drug-likeness (QED) is 0.839. The number of nitrogens with two attached hydrogens (primary N) is 1. The number of carbonyl (C=O) groups excluding carboxylic acids is 1. The molecule has 1 aliphatic rings. The van der Waals surface area contributed by atoms with E-state index < -0.39 is 0 Å². The van der Waals surface area contributed by atoms with Gasteiger partial charge in [0.05, 0.1) is 6.54 Å². The van der Waals surface area contributed by atoms with E-state index in [1.165, 1.54) is 32.1 Å². The molecular formula is C16H23N3OS. The first-order valence-corrected chi connectivity index (χ1v) is 7.98. The summed E-state index contributed by atoms with van der Waals surface area (Å²) in [6, 6.07) is 7.36. The van der Waals surface area contributed by atoms with Crippen molar-refractivity contribution in [1.82, 2.24) is 4.90 Å². The van der Waals surface area contributed by atoms with Crippen LogP contribution < -0.4 is 11.1 Å². The zero-order valence-corrected chi connectivity index (χ0v) is 13.1. The average Bonchev–Trinajstić information content (AvgIpc) is 2.42. The first kappa shape index (κ1) is 15.9. The van der Waals surface area contributed by atoms with Crippen LogP contribution in [0.3, 0.4) is 0 Å². The fourth-order valence-electron chi connectivity index (χ4n) is 2.62. The fraction of sp³-hybridized carbons (Fsp3) is 0.500.